The molecule has 1 unspecified atom stereocenters. The number of ether oxygens (including phenoxy) is 1. The van der Waals surface area contributed by atoms with Gasteiger partial charge in [-0.25, -0.2) is 4.98 Å². The smallest absolute Gasteiger partial charge is 0.249 e. The molecule has 3 N–H and O–H groups in total. The molecule has 1 aliphatic carbocycles. The Balaban J connectivity index is 1.40. The summed E-state index contributed by atoms with van der Waals surface area (Å²) in [7, 11) is 1.56. The molecule has 0 aliphatic heterocycles. The number of nitrogens with one attached hydrogen (secondary N) is 3. The van der Waals surface area contributed by atoms with Crippen LogP contribution in [0, 0.1) is 0 Å². The van der Waals surface area contributed by atoms with Crippen LogP contribution in [0.4, 0.5) is 11.6 Å². The number of nitrogens with zero attached hydrogens (tertiary/aromatic N) is 2. The number of methoxy groups -OCH3 is 1. The van der Waals surface area contributed by atoms with E-state index in [1.54, 1.807) is 25.4 Å². The number of pyridine rings is 1. The van der Waals surface area contributed by atoms with Gasteiger partial charge in [-0.15, -0.1) is 0 Å². The topological polar surface area (TPSA) is 109 Å². The van der Waals surface area contributed by atoms with Gasteiger partial charge in [0.2, 0.25) is 11.8 Å². The van der Waals surface area contributed by atoms with Crippen molar-refractivity contribution in [3.63, 3.8) is 0 Å². The maximum atomic E-state index is 12.8. The van der Waals surface area contributed by atoms with Crippen molar-refractivity contribution in [2.75, 3.05) is 24.4 Å². The van der Waals surface area contributed by atoms with Crippen LogP contribution in [0.3, 0.4) is 0 Å². The van der Waals surface area contributed by atoms with Gasteiger partial charge in [0.15, 0.2) is 5.82 Å². The fourth-order valence-electron chi connectivity index (χ4n) is 3.44. The molecule has 2 aromatic heterocycles. The zero-order valence-electron chi connectivity index (χ0n) is 18.7. The number of carbonyl (C=O) groups is 2. The molecule has 1 fully saturated rings. The summed E-state index contributed by atoms with van der Waals surface area (Å²) in [6.07, 6.45) is 7.08. The Morgan fingerprint density at radius 1 is 1.15 bits per heavy atom. The molecule has 1 aliphatic rings. The van der Waals surface area contributed by atoms with Crippen molar-refractivity contribution >= 4 is 23.5 Å². The Morgan fingerprint density at radius 3 is 2.73 bits per heavy atom. The van der Waals surface area contributed by atoms with Crippen LogP contribution in [0.15, 0.2) is 60.8 Å². The minimum absolute atomic E-state index is 0.112. The fourth-order valence-corrected chi connectivity index (χ4v) is 3.44. The molecule has 1 saturated carbocycles. The summed E-state index contributed by atoms with van der Waals surface area (Å²) in [4.78, 5) is 28.9. The summed E-state index contributed by atoms with van der Waals surface area (Å²) < 4.78 is 4.88. The van der Waals surface area contributed by atoms with Crippen LogP contribution >= 0.6 is 0 Å². The van der Waals surface area contributed by atoms with E-state index in [4.69, 9.17) is 4.74 Å². The summed E-state index contributed by atoms with van der Waals surface area (Å²) in [5.74, 6) is 0.839. The third kappa shape index (κ3) is 5.93. The molecule has 4 rings (SSSR count). The van der Waals surface area contributed by atoms with Crippen LogP contribution in [0.5, 0.6) is 0 Å². The lowest BCUT2D eigenvalue weighted by molar-refractivity contribution is -0.117. The van der Waals surface area contributed by atoms with Crippen molar-refractivity contribution in [2.45, 2.75) is 31.6 Å². The maximum absolute atomic E-state index is 12.8. The molecular weight excluding hydrogens is 418 g/mol. The van der Waals surface area contributed by atoms with E-state index in [1.165, 1.54) is 18.9 Å². The van der Waals surface area contributed by atoms with Crippen LogP contribution in [0.1, 0.15) is 42.9 Å². The summed E-state index contributed by atoms with van der Waals surface area (Å²) in [6.45, 7) is 2.24. The molecule has 1 atom stereocenters. The first-order valence-electron chi connectivity index (χ1n) is 10.9. The number of benzene rings is 1. The molecule has 170 valence electrons. The number of anilines is 2. The van der Waals surface area contributed by atoms with Gasteiger partial charge < -0.3 is 15.4 Å². The Kier molecular flexibility index (Phi) is 6.95. The van der Waals surface area contributed by atoms with Crippen molar-refractivity contribution in [3.8, 4) is 11.1 Å². The van der Waals surface area contributed by atoms with Gasteiger partial charge in [-0.3, -0.25) is 14.7 Å². The zero-order chi connectivity index (χ0) is 23.2. The van der Waals surface area contributed by atoms with Crippen molar-refractivity contribution in [3.05, 3.63) is 72.1 Å². The molecule has 0 radical (unpaired) electrons. The Hall–Kier alpha value is -3.78. The molecule has 0 bridgehead atoms. The van der Waals surface area contributed by atoms with Gasteiger partial charge in [0.25, 0.3) is 0 Å². The summed E-state index contributed by atoms with van der Waals surface area (Å²) in [6, 6.07) is 13.3. The lowest BCUT2D eigenvalue weighted by atomic mass is 9.96. The predicted molar refractivity (Wildman–Crippen MR) is 127 cm³/mol. The van der Waals surface area contributed by atoms with Crippen molar-refractivity contribution in [1.82, 2.24) is 15.2 Å². The minimum Gasteiger partial charge on any atom is -0.381 e. The summed E-state index contributed by atoms with van der Waals surface area (Å²) >= 11 is 0. The largest absolute Gasteiger partial charge is 0.381 e. The maximum Gasteiger partial charge on any atom is 0.249 e. The van der Waals surface area contributed by atoms with Crippen molar-refractivity contribution < 1.29 is 14.3 Å². The second-order valence-corrected chi connectivity index (χ2v) is 8.10. The number of rotatable bonds is 9. The number of carbonyl (C=O) groups excluding carboxylic acids is 2. The number of aromatic nitrogens is 3. The highest BCUT2D eigenvalue weighted by Gasteiger charge is 2.26. The van der Waals surface area contributed by atoms with E-state index in [2.05, 4.69) is 25.8 Å². The van der Waals surface area contributed by atoms with E-state index in [-0.39, 0.29) is 17.7 Å². The van der Waals surface area contributed by atoms with E-state index in [0.717, 1.165) is 22.4 Å². The molecular formula is C25H27N5O3. The Labute approximate surface area is 192 Å². The number of hydrogen-bond donors (Lipinski definition) is 3. The molecule has 8 nitrogen and oxygen atoms in total. The minimum atomic E-state index is -0.351. The first kappa shape index (κ1) is 22.4. The first-order chi connectivity index (χ1) is 16.0. The third-order valence-corrected chi connectivity index (χ3v) is 5.53. The van der Waals surface area contributed by atoms with E-state index in [0.29, 0.717) is 24.2 Å². The lowest BCUT2D eigenvalue weighted by Crippen LogP contribution is -2.19. The number of amides is 2. The van der Waals surface area contributed by atoms with Crippen LogP contribution in [0.2, 0.25) is 0 Å². The van der Waals surface area contributed by atoms with Gasteiger partial charge in [0, 0.05) is 42.6 Å². The van der Waals surface area contributed by atoms with E-state index >= 15 is 0 Å². The SMILES string of the molecule is COCC=CC(=O)Nc1ccc(-c2cccc(C(C)C(=O)Nc3cc(C4CC4)[nH]n3)c2)cn1. The third-order valence-electron chi connectivity index (χ3n) is 5.53. The monoisotopic (exact) mass is 445 g/mol. The zero-order valence-corrected chi connectivity index (χ0v) is 18.7. The number of aromatic amines is 1. The molecule has 0 spiro atoms. The second-order valence-electron chi connectivity index (χ2n) is 8.10. The van der Waals surface area contributed by atoms with Crippen LogP contribution in [-0.4, -0.2) is 40.7 Å². The average Bonchev–Trinajstić information content (AvgIpc) is 3.58. The highest BCUT2D eigenvalue weighted by atomic mass is 16.5. The summed E-state index contributed by atoms with van der Waals surface area (Å²) in [5.41, 5.74) is 3.80. The van der Waals surface area contributed by atoms with Gasteiger partial charge in [0.1, 0.15) is 5.82 Å². The fraction of sp³-hybridized carbons (Fsp3) is 0.280. The van der Waals surface area contributed by atoms with Gasteiger partial charge >= 0.3 is 0 Å². The van der Waals surface area contributed by atoms with Gasteiger partial charge in [0.05, 0.1) is 12.5 Å². The standard InChI is InChI=1S/C25H27N5O3/c1-16(25(32)28-23-14-21(29-30-23)17-8-9-17)18-5-3-6-19(13-18)20-10-11-22(26-15-20)27-24(31)7-4-12-33-2/h3-7,10-11,13-17H,8-9,12H2,1-2H3,(H,26,27,31)(H2,28,29,30,32). The number of H-pyrrole nitrogens is 1. The van der Waals surface area contributed by atoms with Crippen LogP contribution in [-0.2, 0) is 14.3 Å². The van der Waals surface area contributed by atoms with Crippen LogP contribution in [0.25, 0.3) is 11.1 Å². The van der Waals surface area contributed by atoms with Gasteiger partial charge in [-0.05, 0) is 43.0 Å². The highest BCUT2D eigenvalue weighted by Crippen LogP contribution is 2.39. The van der Waals surface area contributed by atoms with Crippen molar-refractivity contribution in [1.29, 1.82) is 0 Å². The second kappa shape index (κ2) is 10.2. The van der Waals surface area contributed by atoms with E-state index < -0.39 is 0 Å². The molecule has 8 heteroatoms. The predicted octanol–water partition coefficient (Wildman–Crippen LogP) is 4.23. The molecule has 2 amide bonds. The van der Waals surface area contributed by atoms with Crippen molar-refractivity contribution in [2.24, 2.45) is 0 Å². The Morgan fingerprint density at radius 2 is 2.00 bits per heavy atom. The molecule has 0 saturated heterocycles. The summed E-state index contributed by atoms with van der Waals surface area (Å²) in [5, 5.41) is 12.8. The van der Waals surface area contributed by atoms with Gasteiger partial charge in [-0.2, -0.15) is 5.10 Å². The molecule has 2 heterocycles. The van der Waals surface area contributed by atoms with E-state index in [1.807, 2.05) is 43.3 Å². The molecule has 1 aromatic carbocycles. The highest BCUT2D eigenvalue weighted by molar-refractivity contribution is 5.98. The van der Waals surface area contributed by atoms with Crippen LogP contribution < -0.4 is 10.6 Å². The quantitative estimate of drug-likeness (QED) is 0.427. The average molecular weight is 446 g/mol. The lowest BCUT2D eigenvalue weighted by Gasteiger charge is -2.13. The first-order valence-corrected chi connectivity index (χ1v) is 10.9. The van der Waals surface area contributed by atoms with E-state index in [9.17, 15) is 9.59 Å². The number of hydrogen-bond acceptors (Lipinski definition) is 5. The van der Waals surface area contributed by atoms with Gasteiger partial charge in [-0.1, -0.05) is 30.3 Å². The normalized spacial score (nSPS) is 14.2. The molecule has 33 heavy (non-hydrogen) atoms. The Bertz CT molecular complexity index is 1150. The molecule has 3 aromatic rings.